The van der Waals surface area contributed by atoms with Crippen LogP contribution in [0.5, 0.6) is 0 Å². The predicted molar refractivity (Wildman–Crippen MR) is 149 cm³/mol. The Hall–Kier alpha value is -5.31. The molecule has 0 spiro atoms. The number of amides is 2. The highest BCUT2D eigenvalue weighted by molar-refractivity contribution is 6.05. The van der Waals surface area contributed by atoms with Gasteiger partial charge < -0.3 is 25.4 Å². The molecule has 3 N–H and O–H groups in total. The van der Waals surface area contributed by atoms with Gasteiger partial charge in [0, 0.05) is 42.3 Å². The topological polar surface area (TPSA) is 152 Å². The zero-order valence-electron chi connectivity index (χ0n) is 22.7. The molecule has 0 bridgehead atoms. The maximum absolute atomic E-state index is 12.9. The number of hydrogen-bond donors (Lipinski definition) is 3. The molecule has 0 unspecified atom stereocenters. The maximum Gasteiger partial charge on any atom is 0.490 e. The molecule has 0 atom stereocenters. The van der Waals surface area contributed by atoms with E-state index in [0.717, 1.165) is 37.7 Å². The zero-order chi connectivity index (χ0) is 31.0. The van der Waals surface area contributed by atoms with Crippen LogP contribution in [0, 0.1) is 6.92 Å². The number of hydrogen-bond acceptors (Lipinski definition) is 8. The first-order valence-electron chi connectivity index (χ1n) is 12.8. The summed E-state index contributed by atoms with van der Waals surface area (Å²) >= 11 is 0. The van der Waals surface area contributed by atoms with Crippen molar-refractivity contribution in [1.29, 1.82) is 0 Å². The minimum atomic E-state index is -5.08. The molecule has 1 saturated heterocycles. The van der Waals surface area contributed by atoms with Gasteiger partial charge in [0.1, 0.15) is 11.5 Å². The van der Waals surface area contributed by atoms with Gasteiger partial charge in [-0.25, -0.2) is 14.5 Å². The molecule has 2 aromatic heterocycles. The van der Waals surface area contributed by atoms with Crippen molar-refractivity contribution in [3.63, 3.8) is 0 Å². The Morgan fingerprint density at radius 3 is 2.23 bits per heavy atom. The third-order valence-corrected chi connectivity index (χ3v) is 5.99. The lowest BCUT2D eigenvalue weighted by atomic mass is 10.1. The van der Waals surface area contributed by atoms with Crippen LogP contribution in [0.2, 0.25) is 0 Å². The second-order valence-electron chi connectivity index (χ2n) is 9.08. The number of rotatable bonds is 6. The summed E-state index contributed by atoms with van der Waals surface area (Å²) in [5, 5.41) is 17.2. The van der Waals surface area contributed by atoms with Crippen LogP contribution in [0.1, 0.15) is 26.5 Å². The summed E-state index contributed by atoms with van der Waals surface area (Å²) in [4.78, 5) is 44.9. The fourth-order valence-corrected chi connectivity index (χ4v) is 3.85. The van der Waals surface area contributed by atoms with Crippen molar-refractivity contribution >= 4 is 35.0 Å². The fraction of sp³-hybridized carbons (Fsp3) is 0.214. The molecule has 1 aliphatic heterocycles. The number of carbonyl (C=O) groups excluding carboxylic acids is 2. The number of benzene rings is 2. The van der Waals surface area contributed by atoms with Crippen LogP contribution in [0.4, 0.5) is 30.4 Å². The number of carbonyl (C=O) groups is 3. The van der Waals surface area contributed by atoms with Crippen molar-refractivity contribution in [3.05, 3.63) is 90.1 Å². The van der Waals surface area contributed by atoms with E-state index in [1.165, 1.54) is 12.4 Å². The Morgan fingerprint density at radius 1 is 0.907 bits per heavy atom. The summed E-state index contributed by atoms with van der Waals surface area (Å²) in [5.74, 6) is -2.96. The van der Waals surface area contributed by atoms with Crippen LogP contribution in [0.25, 0.3) is 5.69 Å². The van der Waals surface area contributed by atoms with Crippen molar-refractivity contribution in [2.45, 2.75) is 13.1 Å². The van der Waals surface area contributed by atoms with Gasteiger partial charge >= 0.3 is 12.1 Å². The molecule has 224 valence electrons. The van der Waals surface area contributed by atoms with E-state index >= 15 is 0 Å². The van der Waals surface area contributed by atoms with Crippen LogP contribution >= 0.6 is 0 Å². The molecule has 0 radical (unpaired) electrons. The minimum Gasteiger partial charge on any atom is -0.475 e. The lowest BCUT2D eigenvalue weighted by molar-refractivity contribution is -0.192. The first kappa shape index (κ1) is 30.6. The number of anilines is 3. The van der Waals surface area contributed by atoms with Gasteiger partial charge in [-0.05, 0) is 49.4 Å². The van der Waals surface area contributed by atoms with Crippen LogP contribution in [0.15, 0.2) is 73.2 Å². The van der Waals surface area contributed by atoms with Gasteiger partial charge in [0.25, 0.3) is 11.8 Å². The van der Waals surface area contributed by atoms with E-state index in [2.05, 4.69) is 30.6 Å². The number of carboxylic acids is 1. The van der Waals surface area contributed by atoms with Gasteiger partial charge in [-0.1, -0.05) is 6.07 Å². The number of carboxylic acid groups (broad SMARTS) is 1. The third-order valence-electron chi connectivity index (χ3n) is 5.99. The number of aliphatic carboxylic acids is 1. The van der Waals surface area contributed by atoms with E-state index in [-0.39, 0.29) is 11.6 Å². The molecule has 12 nitrogen and oxygen atoms in total. The summed E-state index contributed by atoms with van der Waals surface area (Å²) in [5.41, 5.74) is 3.81. The fourth-order valence-electron chi connectivity index (χ4n) is 3.85. The molecule has 2 amide bonds. The summed E-state index contributed by atoms with van der Waals surface area (Å²) in [6.07, 6.45) is -0.562. The van der Waals surface area contributed by atoms with Crippen LogP contribution in [-0.2, 0) is 9.53 Å². The average molecular weight is 598 g/mol. The van der Waals surface area contributed by atoms with Crippen molar-refractivity contribution in [3.8, 4) is 5.69 Å². The summed E-state index contributed by atoms with van der Waals surface area (Å²) in [6.45, 7) is 4.94. The van der Waals surface area contributed by atoms with E-state index in [4.69, 9.17) is 14.6 Å². The molecular formula is C28H26F3N7O5. The predicted octanol–water partition coefficient (Wildman–Crippen LogP) is 3.95. The molecule has 15 heteroatoms. The number of nitrogens with zero attached hydrogens (tertiary/aromatic N) is 5. The first-order chi connectivity index (χ1) is 20.5. The van der Waals surface area contributed by atoms with Gasteiger partial charge in [-0.3, -0.25) is 14.6 Å². The van der Waals surface area contributed by atoms with E-state index in [1.807, 2.05) is 30.3 Å². The second-order valence-corrected chi connectivity index (χ2v) is 9.08. The van der Waals surface area contributed by atoms with Gasteiger partial charge in [-0.2, -0.15) is 18.3 Å². The number of nitrogens with one attached hydrogen (secondary N) is 2. The molecule has 4 aromatic rings. The highest BCUT2D eigenvalue weighted by Gasteiger charge is 2.38. The first-order valence-corrected chi connectivity index (χ1v) is 12.8. The molecular weight excluding hydrogens is 571 g/mol. The van der Waals surface area contributed by atoms with Crippen LogP contribution < -0.4 is 15.5 Å². The molecule has 0 saturated carbocycles. The largest absolute Gasteiger partial charge is 0.490 e. The number of morpholine rings is 1. The minimum absolute atomic E-state index is 0.195. The summed E-state index contributed by atoms with van der Waals surface area (Å²) < 4.78 is 38.7. The third kappa shape index (κ3) is 8.36. The van der Waals surface area contributed by atoms with Crippen molar-refractivity contribution in [1.82, 2.24) is 19.7 Å². The smallest absolute Gasteiger partial charge is 0.475 e. The normalized spacial score (nSPS) is 13.0. The van der Waals surface area contributed by atoms with Gasteiger partial charge in [0.05, 0.1) is 37.0 Å². The highest BCUT2D eigenvalue weighted by Crippen LogP contribution is 2.21. The molecule has 2 aromatic carbocycles. The SMILES string of the molecule is Cc1cnc(C(=O)Nc2ccnn2-c2cccc(C(=O)Nc3ccc(N4CCOCC4)cc3)c2)cn1.O=C(O)C(F)(F)F. The number of aryl methyl sites for hydroxylation is 1. The number of halogens is 3. The van der Waals surface area contributed by atoms with E-state index in [0.29, 0.717) is 22.8 Å². The Kier molecular flexibility index (Phi) is 9.67. The Bertz CT molecular complexity index is 1570. The van der Waals surface area contributed by atoms with Gasteiger partial charge in [0.15, 0.2) is 0 Å². The summed E-state index contributed by atoms with van der Waals surface area (Å²) in [6, 6.07) is 16.5. The zero-order valence-corrected chi connectivity index (χ0v) is 22.7. The monoisotopic (exact) mass is 597 g/mol. The van der Waals surface area contributed by atoms with Gasteiger partial charge in [0.2, 0.25) is 0 Å². The Morgan fingerprint density at radius 2 is 1.60 bits per heavy atom. The van der Waals surface area contributed by atoms with E-state index in [9.17, 15) is 22.8 Å². The number of alkyl halides is 3. The molecule has 3 heterocycles. The number of aromatic nitrogens is 4. The van der Waals surface area contributed by atoms with E-state index < -0.39 is 18.1 Å². The van der Waals surface area contributed by atoms with Crippen LogP contribution in [0.3, 0.4) is 0 Å². The van der Waals surface area contributed by atoms with Crippen molar-refractivity contribution in [2.24, 2.45) is 0 Å². The average Bonchev–Trinajstić information content (AvgIpc) is 3.46. The Labute approximate surface area is 243 Å². The maximum atomic E-state index is 12.9. The highest BCUT2D eigenvalue weighted by atomic mass is 19.4. The molecule has 1 fully saturated rings. The second kappa shape index (κ2) is 13.6. The van der Waals surface area contributed by atoms with Crippen molar-refractivity contribution in [2.75, 3.05) is 41.8 Å². The lowest BCUT2D eigenvalue weighted by Gasteiger charge is -2.28. The molecule has 43 heavy (non-hydrogen) atoms. The number of ether oxygens (including phenoxy) is 1. The molecule has 5 rings (SSSR count). The van der Waals surface area contributed by atoms with Gasteiger partial charge in [-0.15, -0.1) is 0 Å². The van der Waals surface area contributed by atoms with E-state index in [1.54, 1.807) is 42.1 Å². The van der Waals surface area contributed by atoms with Crippen LogP contribution in [-0.4, -0.2) is 75.1 Å². The quantitative estimate of drug-likeness (QED) is 0.300. The summed E-state index contributed by atoms with van der Waals surface area (Å²) in [7, 11) is 0. The molecule has 0 aliphatic carbocycles. The standard InChI is InChI=1S/C26H25N7O3.C2HF3O2/c1-18-16-28-23(17-27-18)26(35)31-24-9-10-29-33(24)22-4-2-3-19(15-22)25(34)30-20-5-7-21(8-6-20)32-11-13-36-14-12-32;3-2(4,5)1(6)7/h2-10,15-17H,11-14H2,1H3,(H,30,34)(H,31,35);(H,6,7). The Balaban J connectivity index is 0.000000541. The molecule has 1 aliphatic rings. The lowest BCUT2D eigenvalue weighted by Crippen LogP contribution is -2.36. The van der Waals surface area contributed by atoms with Crippen molar-refractivity contribution < 1.29 is 37.4 Å².